The van der Waals surface area contributed by atoms with Gasteiger partial charge in [-0.05, 0) is 39.9 Å². The van der Waals surface area contributed by atoms with Crippen LogP contribution in [-0.2, 0) is 11.3 Å². The van der Waals surface area contributed by atoms with Crippen molar-refractivity contribution in [2.75, 3.05) is 40.3 Å². The molecule has 1 aromatic carbocycles. The highest BCUT2D eigenvalue weighted by Gasteiger charge is 2.19. The molecule has 26 heavy (non-hydrogen) atoms. The second kappa shape index (κ2) is 9.21. The van der Waals surface area contributed by atoms with E-state index in [1.54, 1.807) is 0 Å². The standard InChI is InChI=1S/C21H30N4O/c1-17-6-4-7-19(12-17)21-22-13-18(14-23-21)15-25(10-9-24(2)3)16-20-8-5-11-26-20/h4,6-7,12-14,20H,5,8-11,15-16H2,1-3H3/t20-/m0/s1. The summed E-state index contributed by atoms with van der Waals surface area (Å²) in [6.07, 6.45) is 6.64. The van der Waals surface area contributed by atoms with Gasteiger partial charge in [-0.2, -0.15) is 0 Å². The van der Waals surface area contributed by atoms with Crippen molar-refractivity contribution in [1.29, 1.82) is 0 Å². The largest absolute Gasteiger partial charge is 0.377 e. The summed E-state index contributed by atoms with van der Waals surface area (Å²) in [4.78, 5) is 13.9. The molecule has 2 heterocycles. The number of hydrogen-bond donors (Lipinski definition) is 0. The molecule has 0 aliphatic carbocycles. The fourth-order valence-corrected chi connectivity index (χ4v) is 3.28. The van der Waals surface area contributed by atoms with Gasteiger partial charge in [0.05, 0.1) is 6.10 Å². The highest BCUT2D eigenvalue weighted by atomic mass is 16.5. The van der Waals surface area contributed by atoms with Gasteiger partial charge >= 0.3 is 0 Å². The Kier molecular flexibility index (Phi) is 6.72. The Balaban J connectivity index is 1.65. The van der Waals surface area contributed by atoms with Crippen molar-refractivity contribution in [3.05, 3.63) is 47.8 Å². The van der Waals surface area contributed by atoms with E-state index in [2.05, 4.69) is 59.0 Å². The molecule has 1 saturated heterocycles. The number of benzene rings is 1. The Morgan fingerprint density at radius 1 is 1.15 bits per heavy atom. The van der Waals surface area contributed by atoms with Gasteiger partial charge in [0.2, 0.25) is 0 Å². The minimum atomic E-state index is 0.365. The summed E-state index contributed by atoms with van der Waals surface area (Å²) in [6.45, 7) is 6.89. The average Bonchev–Trinajstić information content (AvgIpc) is 3.13. The Labute approximate surface area is 157 Å². The van der Waals surface area contributed by atoms with E-state index < -0.39 is 0 Å². The molecule has 5 nitrogen and oxygen atoms in total. The van der Waals surface area contributed by atoms with Crippen molar-refractivity contribution >= 4 is 0 Å². The van der Waals surface area contributed by atoms with Crippen molar-refractivity contribution in [1.82, 2.24) is 19.8 Å². The van der Waals surface area contributed by atoms with Gasteiger partial charge < -0.3 is 9.64 Å². The fourth-order valence-electron chi connectivity index (χ4n) is 3.28. The lowest BCUT2D eigenvalue weighted by Crippen LogP contribution is -2.36. The highest BCUT2D eigenvalue weighted by Crippen LogP contribution is 2.17. The summed E-state index contributed by atoms with van der Waals surface area (Å²) in [6, 6.07) is 8.32. The highest BCUT2D eigenvalue weighted by molar-refractivity contribution is 5.55. The normalized spacial score (nSPS) is 17.3. The predicted octanol–water partition coefficient (Wildman–Crippen LogP) is 2.99. The van der Waals surface area contributed by atoms with Gasteiger partial charge in [-0.1, -0.05) is 23.8 Å². The molecule has 0 radical (unpaired) electrons. The zero-order chi connectivity index (χ0) is 18.4. The van der Waals surface area contributed by atoms with Gasteiger partial charge in [-0.15, -0.1) is 0 Å². The molecule has 0 spiro atoms. The number of hydrogen-bond acceptors (Lipinski definition) is 5. The minimum absolute atomic E-state index is 0.365. The van der Waals surface area contributed by atoms with Crippen molar-refractivity contribution in [2.24, 2.45) is 0 Å². The maximum Gasteiger partial charge on any atom is 0.159 e. The molecule has 2 aromatic rings. The zero-order valence-electron chi connectivity index (χ0n) is 16.2. The first kappa shape index (κ1) is 19.0. The quantitative estimate of drug-likeness (QED) is 0.729. The lowest BCUT2D eigenvalue weighted by Gasteiger charge is -2.26. The number of aromatic nitrogens is 2. The monoisotopic (exact) mass is 354 g/mol. The van der Waals surface area contributed by atoms with E-state index in [4.69, 9.17) is 4.74 Å². The summed E-state index contributed by atoms with van der Waals surface area (Å²) in [5, 5.41) is 0. The third-order valence-electron chi connectivity index (χ3n) is 4.74. The molecular weight excluding hydrogens is 324 g/mol. The van der Waals surface area contributed by atoms with Crippen LogP contribution in [0.2, 0.25) is 0 Å². The van der Waals surface area contributed by atoms with E-state index in [0.29, 0.717) is 6.10 Å². The first-order valence-corrected chi connectivity index (χ1v) is 9.47. The van der Waals surface area contributed by atoms with Crippen LogP contribution in [0.4, 0.5) is 0 Å². The second-order valence-corrected chi connectivity index (χ2v) is 7.46. The Hall–Kier alpha value is -1.82. The molecule has 1 fully saturated rings. The summed E-state index contributed by atoms with van der Waals surface area (Å²) < 4.78 is 5.83. The van der Waals surface area contributed by atoms with Crippen molar-refractivity contribution in [3.8, 4) is 11.4 Å². The van der Waals surface area contributed by atoms with Crippen LogP contribution < -0.4 is 0 Å². The van der Waals surface area contributed by atoms with Crippen LogP contribution in [0, 0.1) is 6.92 Å². The van der Waals surface area contributed by atoms with Crippen LogP contribution in [0.25, 0.3) is 11.4 Å². The lowest BCUT2D eigenvalue weighted by molar-refractivity contribution is 0.0682. The van der Waals surface area contributed by atoms with Gasteiger partial charge in [-0.3, -0.25) is 4.90 Å². The first-order chi connectivity index (χ1) is 12.6. The van der Waals surface area contributed by atoms with E-state index in [-0.39, 0.29) is 0 Å². The van der Waals surface area contributed by atoms with Crippen LogP contribution in [0.5, 0.6) is 0 Å². The number of aryl methyl sites for hydroxylation is 1. The van der Waals surface area contributed by atoms with E-state index in [1.165, 1.54) is 18.4 Å². The van der Waals surface area contributed by atoms with Crippen LogP contribution in [0.1, 0.15) is 24.0 Å². The molecule has 0 unspecified atom stereocenters. The molecule has 5 heteroatoms. The van der Waals surface area contributed by atoms with E-state index >= 15 is 0 Å². The topological polar surface area (TPSA) is 41.5 Å². The molecule has 1 aromatic heterocycles. The van der Waals surface area contributed by atoms with E-state index in [1.807, 2.05) is 18.5 Å². The van der Waals surface area contributed by atoms with Crippen LogP contribution in [-0.4, -0.2) is 66.2 Å². The third kappa shape index (κ3) is 5.59. The maximum absolute atomic E-state index is 5.83. The summed E-state index contributed by atoms with van der Waals surface area (Å²) in [7, 11) is 4.23. The molecule has 0 N–H and O–H groups in total. The fraction of sp³-hybridized carbons (Fsp3) is 0.524. The first-order valence-electron chi connectivity index (χ1n) is 9.47. The predicted molar refractivity (Wildman–Crippen MR) is 105 cm³/mol. The van der Waals surface area contributed by atoms with Gasteiger partial charge in [0, 0.05) is 56.3 Å². The van der Waals surface area contributed by atoms with Crippen LogP contribution >= 0.6 is 0 Å². The number of likely N-dealkylation sites (N-methyl/N-ethyl adjacent to an activating group) is 1. The number of rotatable bonds is 8. The Bertz CT molecular complexity index is 681. The summed E-state index contributed by atoms with van der Waals surface area (Å²) in [5.41, 5.74) is 3.44. The molecular formula is C21H30N4O. The van der Waals surface area contributed by atoms with Gasteiger partial charge in [-0.25, -0.2) is 9.97 Å². The summed E-state index contributed by atoms with van der Waals surface area (Å²) in [5.74, 6) is 0.788. The lowest BCUT2D eigenvalue weighted by atomic mass is 10.1. The molecule has 3 rings (SSSR count). The molecule has 1 aliphatic heterocycles. The maximum atomic E-state index is 5.83. The average molecular weight is 354 g/mol. The van der Waals surface area contributed by atoms with Crippen LogP contribution in [0.15, 0.2) is 36.7 Å². The SMILES string of the molecule is Cc1cccc(-c2ncc(CN(CCN(C)C)C[C@@H]3CCCO3)cn2)c1. The smallest absolute Gasteiger partial charge is 0.159 e. The third-order valence-corrected chi connectivity index (χ3v) is 4.74. The van der Waals surface area contributed by atoms with Gasteiger partial charge in [0.1, 0.15) is 0 Å². The van der Waals surface area contributed by atoms with Crippen molar-refractivity contribution in [3.63, 3.8) is 0 Å². The van der Waals surface area contributed by atoms with Crippen LogP contribution in [0.3, 0.4) is 0 Å². The molecule has 0 bridgehead atoms. The van der Waals surface area contributed by atoms with Crippen molar-refractivity contribution < 1.29 is 4.74 Å². The Morgan fingerprint density at radius 2 is 1.96 bits per heavy atom. The Morgan fingerprint density at radius 3 is 2.62 bits per heavy atom. The second-order valence-electron chi connectivity index (χ2n) is 7.46. The summed E-state index contributed by atoms with van der Waals surface area (Å²) >= 11 is 0. The van der Waals surface area contributed by atoms with Gasteiger partial charge in [0.25, 0.3) is 0 Å². The van der Waals surface area contributed by atoms with E-state index in [0.717, 1.165) is 49.7 Å². The van der Waals surface area contributed by atoms with Gasteiger partial charge in [0.15, 0.2) is 5.82 Å². The molecule has 1 atom stereocenters. The van der Waals surface area contributed by atoms with Crippen molar-refractivity contribution in [2.45, 2.75) is 32.4 Å². The molecule has 0 amide bonds. The molecule has 140 valence electrons. The molecule has 0 saturated carbocycles. The molecule has 1 aliphatic rings. The van der Waals surface area contributed by atoms with E-state index in [9.17, 15) is 0 Å². The number of nitrogens with zero attached hydrogens (tertiary/aromatic N) is 4. The number of ether oxygens (including phenoxy) is 1. The minimum Gasteiger partial charge on any atom is -0.377 e. The zero-order valence-corrected chi connectivity index (χ0v) is 16.2.